The van der Waals surface area contributed by atoms with Crippen molar-refractivity contribution >= 4 is 67.4 Å². The minimum atomic E-state index is -3.17. The van der Waals surface area contributed by atoms with Crippen LogP contribution in [0.25, 0.3) is 38.3 Å². The third-order valence-electron chi connectivity index (χ3n) is 11.7. The molecule has 1 aliphatic rings. The Morgan fingerprint density at radius 2 is 1.13 bits per heavy atom. The number of aromatic nitrogens is 1. The van der Waals surface area contributed by atoms with Crippen LogP contribution in [0.15, 0.2) is 193 Å². The van der Waals surface area contributed by atoms with Gasteiger partial charge in [-0.25, -0.2) is 0 Å². The Hall–Kier alpha value is -5.60. The molecule has 10 rings (SSSR count). The highest BCUT2D eigenvalue weighted by Crippen LogP contribution is 2.55. The van der Waals surface area contributed by atoms with E-state index >= 15 is 4.57 Å². The quantitative estimate of drug-likeness (QED) is 0.114. The topological polar surface area (TPSA) is 22.0 Å². The number of hydrogen-bond acceptors (Lipinski definition) is 2. The normalized spacial score (nSPS) is 15.7. The van der Waals surface area contributed by atoms with E-state index in [-0.39, 0.29) is 0 Å². The van der Waals surface area contributed by atoms with Gasteiger partial charge in [-0.05, 0) is 63.7 Å². The van der Waals surface area contributed by atoms with Crippen molar-refractivity contribution in [3.05, 3.63) is 210 Å². The molecule has 55 heavy (non-hydrogen) atoms. The number of nitrogens with zero attached hydrogens (tertiary/aromatic N) is 1. The number of para-hydroxylation sites is 2. The summed E-state index contributed by atoms with van der Waals surface area (Å²) in [5.41, 5.74) is 7.80. The first-order valence-electron chi connectivity index (χ1n) is 19.2. The summed E-state index contributed by atoms with van der Waals surface area (Å²) in [7, 11) is -3.17. The molecule has 0 fully saturated rings. The fourth-order valence-corrected chi connectivity index (χ4v) is 12.6. The fourth-order valence-electron chi connectivity index (χ4n) is 9.05. The molecule has 0 aliphatic carbocycles. The monoisotopic (exact) mass is 745 g/mol. The van der Waals surface area contributed by atoms with Crippen LogP contribution in [0.5, 0.6) is 0 Å². The van der Waals surface area contributed by atoms with Crippen LogP contribution in [0.3, 0.4) is 0 Å². The van der Waals surface area contributed by atoms with Crippen molar-refractivity contribution < 1.29 is 4.57 Å². The van der Waals surface area contributed by atoms with Crippen molar-refractivity contribution in [3.8, 4) is 5.69 Å². The van der Waals surface area contributed by atoms with E-state index in [1.807, 2.05) is 72.4 Å². The molecule has 0 N–H and O–H groups in total. The molecule has 1 aliphatic heterocycles. The number of thioether (sulfide) groups is 1. The molecular formula is C51H40NOPS. The summed E-state index contributed by atoms with van der Waals surface area (Å²) >= 11 is 1.93. The molecule has 0 amide bonds. The molecular weight excluding hydrogens is 706 g/mol. The van der Waals surface area contributed by atoms with Gasteiger partial charge in [0.1, 0.15) is 0 Å². The van der Waals surface area contributed by atoms with E-state index in [1.54, 1.807) is 0 Å². The summed E-state index contributed by atoms with van der Waals surface area (Å²) in [4.78, 5) is 1.28. The van der Waals surface area contributed by atoms with Crippen molar-refractivity contribution in [1.29, 1.82) is 0 Å². The van der Waals surface area contributed by atoms with Gasteiger partial charge in [-0.3, -0.25) is 0 Å². The van der Waals surface area contributed by atoms with E-state index < -0.39 is 12.6 Å². The summed E-state index contributed by atoms with van der Waals surface area (Å²) in [6.07, 6.45) is 1.12. The van der Waals surface area contributed by atoms with E-state index in [0.717, 1.165) is 27.9 Å². The third-order valence-corrected chi connectivity index (χ3v) is 16.1. The van der Waals surface area contributed by atoms with Crippen molar-refractivity contribution in [1.82, 2.24) is 4.57 Å². The van der Waals surface area contributed by atoms with Crippen LogP contribution in [0.1, 0.15) is 42.5 Å². The van der Waals surface area contributed by atoms with Gasteiger partial charge >= 0.3 is 0 Å². The molecule has 0 saturated heterocycles. The van der Waals surface area contributed by atoms with Crippen molar-refractivity contribution in [2.75, 3.05) is 0 Å². The second-order valence-corrected chi connectivity index (χ2v) is 19.0. The molecule has 266 valence electrons. The van der Waals surface area contributed by atoms with E-state index in [1.165, 1.54) is 59.9 Å². The van der Waals surface area contributed by atoms with Gasteiger partial charge in [-0.15, -0.1) is 11.8 Å². The molecule has 2 nitrogen and oxygen atoms in total. The van der Waals surface area contributed by atoms with Gasteiger partial charge in [0.25, 0.3) is 0 Å². The van der Waals surface area contributed by atoms with Crippen LogP contribution in [0.4, 0.5) is 0 Å². The van der Waals surface area contributed by atoms with Crippen molar-refractivity contribution in [2.24, 2.45) is 0 Å². The Labute approximate surface area is 326 Å². The Morgan fingerprint density at radius 1 is 0.564 bits per heavy atom. The van der Waals surface area contributed by atoms with Gasteiger partial charge in [-0.1, -0.05) is 178 Å². The lowest BCUT2D eigenvalue weighted by atomic mass is 9.63. The molecule has 2 heterocycles. The zero-order valence-electron chi connectivity index (χ0n) is 30.9. The Morgan fingerprint density at radius 3 is 1.82 bits per heavy atom. The zero-order chi connectivity index (χ0) is 37.1. The molecule has 9 aromatic rings. The van der Waals surface area contributed by atoms with Gasteiger partial charge in [0.2, 0.25) is 0 Å². The predicted molar refractivity (Wildman–Crippen MR) is 235 cm³/mol. The van der Waals surface area contributed by atoms with Gasteiger partial charge < -0.3 is 9.13 Å². The van der Waals surface area contributed by atoms with E-state index in [4.69, 9.17) is 0 Å². The first kappa shape index (κ1) is 33.9. The minimum Gasteiger partial charge on any atom is -0.309 e. The smallest absolute Gasteiger partial charge is 0.171 e. The SMILES string of the molecule is CCC(C)Sc1ccc(C2(c3ccc(P(=O)(c4ccccc4)c4ccccc4)cc3)c3ccccc3-n3c4ccc5ccccc5c4c4cccc2c43)cc1. The van der Waals surface area contributed by atoms with Crippen molar-refractivity contribution in [2.45, 2.75) is 35.8 Å². The molecule has 4 heteroatoms. The second-order valence-electron chi connectivity index (χ2n) is 14.7. The summed E-state index contributed by atoms with van der Waals surface area (Å²) in [5, 5.41) is 8.07. The Bertz CT molecular complexity index is 2870. The Kier molecular flexibility index (Phi) is 8.21. The first-order valence-corrected chi connectivity index (χ1v) is 21.8. The average molecular weight is 746 g/mol. The lowest BCUT2D eigenvalue weighted by Gasteiger charge is -2.42. The minimum absolute atomic E-state index is 0.534. The van der Waals surface area contributed by atoms with E-state index in [9.17, 15) is 0 Å². The van der Waals surface area contributed by atoms with Crippen molar-refractivity contribution in [3.63, 3.8) is 0 Å². The third kappa shape index (κ3) is 5.07. The molecule has 2 unspecified atom stereocenters. The summed E-state index contributed by atoms with van der Waals surface area (Å²) in [6, 6.07) is 67.1. The number of hydrogen-bond donors (Lipinski definition) is 0. The molecule has 0 spiro atoms. The number of benzene rings is 8. The molecule has 0 saturated carbocycles. The molecule has 2 atom stereocenters. The Balaban J connectivity index is 1.28. The molecule has 0 radical (unpaired) electrons. The van der Waals surface area contributed by atoms with Gasteiger partial charge in [0, 0.05) is 36.8 Å². The molecule has 0 bridgehead atoms. The number of rotatable bonds is 8. The van der Waals surface area contributed by atoms with E-state index in [2.05, 4.69) is 146 Å². The lowest BCUT2D eigenvalue weighted by molar-refractivity contribution is 0.592. The fraction of sp³-hybridized carbons (Fsp3) is 0.0980. The van der Waals surface area contributed by atoms with Crippen LogP contribution >= 0.6 is 18.9 Å². The highest BCUT2D eigenvalue weighted by Gasteiger charge is 2.45. The largest absolute Gasteiger partial charge is 0.309 e. The second kappa shape index (κ2) is 13.3. The van der Waals surface area contributed by atoms with Crippen LogP contribution in [-0.2, 0) is 9.98 Å². The highest BCUT2D eigenvalue weighted by molar-refractivity contribution is 8.00. The van der Waals surface area contributed by atoms with Crippen LogP contribution in [-0.4, -0.2) is 9.82 Å². The van der Waals surface area contributed by atoms with Gasteiger partial charge in [0.15, 0.2) is 7.14 Å². The van der Waals surface area contributed by atoms with Crippen LogP contribution < -0.4 is 15.9 Å². The predicted octanol–water partition coefficient (Wildman–Crippen LogP) is 12.2. The highest BCUT2D eigenvalue weighted by atomic mass is 32.2. The maximum Gasteiger partial charge on any atom is 0.171 e. The molecule has 1 aromatic heterocycles. The molecule has 8 aromatic carbocycles. The summed E-state index contributed by atoms with van der Waals surface area (Å²) < 4.78 is 18.0. The maximum atomic E-state index is 15.5. The lowest BCUT2D eigenvalue weighted by Crippen LogP contribution is -2.35. The first-order chi connectivity index (χ1) is 27.0. The number of fused-ring (bicyclic) bond motifs is 7. The zero-order valence-corrected chi connectivity index (χ0v) is 32.6. The summed E-state index contributed by atoms with van der Waals surface area (Å²) in [6.45, 7) is 4.55. The van der Waals surface area contributed by atoms with Gasteiger partial charge in [0.05, 0.1) is 22.1 Å². The van der Waals surface area contributed by atoms with Crippen LogP contribution in [0.2, 0.25) is 0 Å². The van der Waals surface area contributed by atoms with Gasteiger partial charge in [-0.2, -0.15) is 0 Å². The standard InChI is InChI=1S/C51H40NOPS/c1-3-35(2)55-42-32-28-38(29-33-42)51(37-26-30-41(31-27-37)54(53,39-16-6-4-7-17-39)40-18-8-5-9-19-40)45-22-12-13-24-47(45)52-48-34-25-36-15-10-11-20-43(36)49(48)44-21-14-23-46(51)50(44)52/h4-35H,3H2,1-2H3. The van der Waals surface area contributed by atoms with Crippen LogP contribution in [0, 0.1) is 0 Å². The van der Waals surface area contributed by atoms with E-state index in [0.29, 0.717) is 5.25 Å². The maximum absolute atomic E-state index is 15.5. The summed E-state index contributed by atoms with van der Waals surface area (Å²) in [5.74, 6) is 0. The average Bonchev–Trinajstić information content (AvgIpc) is 3.61.